The number of benzene rings is 1. The van der Waals surface area contributed by atoms with E-state index in [1.54, 1.807) is 13.2 Å². The standard InChI is InChI=1S/C13H19Cl2NO/c1-9(8-13(2,3)17-4)16-12-6-10(14)5-11(15)7-12/h5-7,9,16H,8H2,1-4H3. The zero-order valence-corrected chi connectivity index (χ0v) is 12.2. The average molecular weight is 276 g/mol. The van der Waals surface area contributed by atoms with Crippen LogP contribution in [-0.4, -0.2) is 18.8 Å². The van der Waals surface area contributed by atoms with Gasteiger partial charge in [-0.25, -0.2) is 0 Å². The van der Waals surface area contributed by atoms with E-state index in [0.29, 0.717) is 10.0 Å². The molecule has 0 saturated carbocycles. The fourth-order valence-electron chi connectivity index (χ4n) is 1.79. The monoisotopic (exact) mass is 275 g/mol. The third-order valence-electron chi connectivity index (χ3n) is 2.63. The Morgan fingerprint density at radius 2 is 1.76 bits per heavy atom. The van der Waals surface area contributed by atoms with Gasteiger partial charge >= 0.3 is 0 Å². The van der Waals surface area contributed by atoms with Crippen molar-refractivity contribution in [3.63, 3.8) is 0 Å². The van der Waals surface area contributed by atoms with Gasteiger partial charge < -0.3 is 10.1 Å². The summed E-state index contributed by atoms with van der Waals surface area (Å²) in [6.45, 7) is 6.24. The molecule has 2 nitrogen and oxygen atoms in total. The number of rotatable bonds is 5. The molecule has 1 N–H and O–H groups in total. The molecule has 0 radical (unpaired) electrons. The zero-order chi connectivity index (χ0) is 13.1. The second-order valence-electron chi connectivity index (χ2n) is 4.87. The largest absolute Gasteiger partial charge is 0.382 e. The van der Waals surface area contributed by atoms with Crippen LogP contribution in [0.25, 0.3) is 0 Å². The maximum Gasteiger partial charge on any atom is 0.0642 e. The number of hydrogen-bond donors (Lipinski definition) is 1. The summed E-state index contributed by atoms with van der Waals surface area (Å²) in [6, 6.07) is 5.73. The number of hydrogen-bond acceptors (Lipinski definition) is 2. The summed E-state index contributed by atoms with van der Waals surface area (Å²) in [5, 5.41) is 4.64. The molecule has 0 heterocycles. The van der Waals surface area contributed by atoms with Gasteiger partial charge in [-0.15, -0.1) is 0 Å². The first-order chi connectivity index (χ1) is 7.82. The van der Waals surface area contributed by atoms with Crippen molar-refractivity contribution < 1.29 is 4.74 Å². The van der Waals surface area contributed by atoms with Gasteiger partial charge in [-0.2, -0.15) is 0 Å². The van der Waals surface area contributed by atoms with E-state index < -0.39 is 0 Å². The lowest BCUT2D eigenvalue weighted by molar-refractivity contribution is 0.0128. The molecule has 0 spiro atoms. The maximum atomic E-state index is 5.94. The summed E-state index contributed by atoms with van der Waals surface area (Å²) < 4.78 is 5.40. The molecule has 1 rings (SSSR count). The van der Waals surface area contributed by atoms with Crippen LogP contribution >= 0.6 is 23.2 Å². The Morgan fingerprint density at radius 3 is 2.24 bits per heavy atom. The number of methoxy groups -OCH3 is 1. The van der Waals surface area contributed by atoms with Gasteiger partial charge in [0, 0.05) is 28.9 Å². The van der Waals surface area contributed by atoms with E-state index in [9.17, 15) is 0 Å². The first-order valence-corrected chi connectivity index (χ1v) is 6.36. The lowest BCUT2D eigenvalue weighted by Gasteiger charge is -2.27. The van der Waals surface area contributed by atoms with Crippen LogP contribution in [0.1, 0.15) is 27.2 Å². The molecule has 0 aliphatic rings. The third-order valence-corrected chi connectivity index (χ3v) is 3.06. The molecule has 96 valence electrons. The first-order valence-electron chi connectivity index (χ1n) is 5.60. The van der Waals surface area contributed by atoms with Crippen LogP contribution in [0.2, 0.25) is 10.0 Å². The van der Waals surface area contributed by atoms with Gasteiger partial charge in [-0.1, -0.05) is 23.2 Å². The number of nitrogens with one attached hydrogen (secondary N) is 1. The molecule has 0 aromatic heterocycles. The van der Waals surface area contributed by atoms with Crippen molar-refractivity contribution in [2.75, 3.05) is 12.4 Å². The highest BCUT2D eigenvalue weighted by molar-refractivity contribution is 6.35. The van der Waals surface area contributed by atoms with E-state index in [2.05, 4.69) is 26.1 Å². The fourth-order valence-corrected chi connectivity index (χ4v) is 2.32. The topological polar surface area (TPSA) is 21.3 Å². The highest BCUT2D eigenvalue weighted by Crippen LogP contribution is 2.24. The number of anilines is 1. The van der Waals surface area contributed by atoms with Crippen molar-refractivity contribution in [3.05, 3.63) is 28.2 Å². The molecular weight excluding hydrogens is 257 g/mol. The van der Waals surface area contributed by atoms with Crippen molar-refractivity contribution >= 4 is 28.9 Å². The Labute approximate surface area is 113 Å². The van der Waals surface area contributed by atoms with Crippen LogP contribution in [0.5, 0.6) is 0 Å². The molecule has 0 aliphatic carbocycles. The van der Waals surface area contributed by atoms with Crippen LogP contribution in [0, 0.1) is 0 Å². The molecule has 0 amide bonds. The molecule has 0 bridgehead atoms. The normalized spacial score (nSPS) is 13.5. The van der Waals surface area contributed by atoms with E-state index in [1.165, 1.54) is 0 Å². The molecular formula is C13H19Cl2NO. The van der Waals surface area contributed by atoms with Gasteiger partial charge in [-0.3, -0.25) is 0 Å². The summed E-state index contributed by atoms with van der Waals surface area (Å²) in [7, 11) is 1.73. The highest BCUT2D eigenvalue weighted by atomic mass is 35.5. The Bertz CT molecular complexity index is 359. The van der Waals surface area contributed by atoms with Crippen LogP contribution in [-0.2, 0) is 4.74 Å². The second-order valence-corrected chi connectivity index (χ2v) is 5.74. The van der Waals surface area contributed by atoms with Gasteiger partial charge in [-0.05, 0) is 45.4 Å². The lowest BCUT2D eigenvalue weighted by atomic mass is 10.00. The first kappa shape index (κ1) is 14.6. The number of ether oxygens (including phenoxy) is 1. The highest BCUT2D eigenvalue weighted by Gasteiger charge is 2.20. The molecule has 4 heteroatoms. The van der Waals surface area contributed by atoms with Gasteiger partial charge in [0.15, 0.2) is 0 Å². The Kier molecular flexibility index (Phi) is 5.11. The molecule has 17 heavy (non-hydrogen) atoms. The van der Waals surface area contributed by atoms with Crippen LogP contribution in [0.3, 0.4) is 0 Å². The SMILES string of the molecule is COC(C)(C)CC(C)Nc1cc(Cl)cc(Cl)c1. The van der Waals surface area contributed by atoms with Crippen molar-refractivity contribution in [1.82, 2.24) is 0 Å². The molecule has 1 aromatic rings. The second kappa shape index (κ2) is 5.94. The minimum absolute atomic E-state index is 0.144. The summed E-state index contributed by atoms with van der Waals surface area (Å²) >= 11 is 11.9. The van der Waals surface area contributed by atoms with Crippen LogP contribution < -0.4 is 5.32 Å². The van der Waals surface area contributed by atoms with E-state index >= 15 is 0 Å². The van der Waals surface area contributed by atoms with Crippen molar-refractivity contribution in [3.8, 4) is 0 Å². The average Bonchev–Trinajstić information content (AvgIpc) is 2.14. The van der Waals surface area contributed by atoms with E-state index in [-0.39, 0.29) is 11.6 Å². The molecule has 0 aliphatic heterocycles. The fraction of sp³-hybridized carbons (Fsp3) is 0.538. The molecule has 1 unspecified atom stereocenters. The Balaban J connectivity index is 2.65. The summed E-state index contributed by atoms with van der Waals surface area (Å²) in [5.74, 6) is 0. The predicted octanol–water partition coefficient (Wildman–Crippen LogP) is 4.61. The number of halogens is 2. The molecule has 1 aromatic carbocycles. The molecule has 1 atom stereocenters. The lowest BCUT2D eigenvalue weighted by Crippen LogP contribution is -2.31. The quantitative estimate of drug-likeness (QED) is 0.848. The minimum atomic E-state index is -0.144. The molecule has 0 fully saturated rings. The predicted molar refractivity (Wildman–Crippen MR) is 75.3 cm³/mol. The minimum Gasteiger partial charge on any atom is -0.382 e. The summed E-state index contributed by atoms with van der Waals surface area (Å²) in [6.07, 6.45) is 0.896. The summed E-state index contributed by atoms with van der Waals surface area (Å²) in [4.78, 5) is 0. The van der Waals surface area contributed by atoms with Gasteiger partial charge in [0.1, 0.15) is 0 Å². The summed E-state index contributed by atoms with van der Waals surface area (Å²) in [5.41, 5.74) is 0.788. The van der Waals surface area contributed by atoms with E-state index in [0.717, 1.165) is 12.1 Å². The van der Waals surface area contributed by atoms with Crippen molar-refractivity contribution in [2.45, 2.75) is 38.8 Å². The zero-order valence-electron chi connectivity index (χ0n) is 10.7. The molecule has 0 saturated heterocycles. The van der Waals surface area contributed by atoms with Crippen molar-refractivity contribution in [2.24, 2.45) is 0 Å². The van der Waals surface area contributed by atoms with Crippen LogP contribution in [0.15, 0.2) is 18.2 Å². The van der Waals surface area contributed by atoms with Gasteiger partial charge in [0.25, 0.3) is 0 Å². The van der Waals surface area contributed by atoms with E-state index in [4.69, 9.17) is 27.9 Å². The van der Waals surface area contributed by atoms with Crippen LogP contribution in [0.4, 0.5) is 5.69 Å². The maximum absolute atomic E-state index is 5.94. The Hall–Kier alpha value is -0.440. The van der Waals surface area contributed by atoms with E-state index in [1.807, 2.05) is 12.1 Å². The Morgan fingerprint density at radius 1 is 1.24 bits per heavy atom. The van der Waals surface area contributed by atoms with Gasteiger partial charge in [0.05, 0.1) is 5.60 Å². The van der Waals surface area contributed by atoms with Gasteiger partial charge in [0.2, 0.25) is 0 Å². The third kappa shape index (κ3) is 5.15. The smallest absolute Gasteiger partial charge is 0.0642 e. The van der Waals surface area contributed by atoms with Crippen molar-refractivity contribution in [1.29, 1.82) is 0 Å².